The van der Waals surface area contributed by atoms with Crippen molar-refractivity contribution in [3.05, 3.63) is 53.9 Å². The van der Waals surface area contributed by atoms with E-state index in [0.29, 0.717) is 12.8 Å². The van der Waals surface area contributed by atoms with E-state index in [9.17, 15) is 9.90 Å². The van der Waals surface area contributed by atoms with Gasteiger partial charge in [-0.25, -0.2) is 0 Å². The third-order valence-electron chi connectivity index (χ3n) is 4.96. The fraction of sp³-hybridized carbons (Fsp3) is 0.368. The van der Waals surface area contributed by atoms with Gasteiger partial charge in [-0.15, -0.1) is 0 Å². The molecule has 0 aliphatic carbocycles. The molecule has 1 saturated heterocycles. The average molecular weight is 340 g/mol. The zero-order valence-electron chi connectivity index (χ0n) is 13.8. The van der Waals surface area contributed by atoms with Crippen LogP contribution < -0.4 is 9.47 Å². The van der Waals surface area contributed by atoms with E-state index in [0.717, 1.165) is 35.7 Å². The van der Waals surface area contributed by atoms with E-state index < -0.39 is 5.97 Å². The Bertz CT molecular complexity index is 757. The van der Waals surface area contributed by atoms with E-state index in [2.05, 4.69) is 22.0 Å². The van der Waals surface area contributed by atoms with E-state index in [-0.39, 0.29) is 18.8 Å². The first-order chi connectivity index (χ1) is 12.2. The Labute approximate surface area is 146 Å². The van der Waals surface area contributed by atoms with Crippen molar-refractivity contribution < 1.29 is 19.4 Å². The first kappa shape index (κ1) is 15.9. The summed E-state index contributed by atoms with van der Waals surface area (Å²) in [5, 5.41) is 9.24. The van der Waals surface area contributed by atoms with Crippen LogP contribution in [-0.4, -0.2) is 40.8 Å². The highest BCUT2D eigenvalue weighted by Crippen LogP contribution is 2.38. The summed E-state index contributed by atoms with van der Waals surface area (Å²) < 4.78 is 10.9. The number of nitrogens with zero attached hydrogens (tertiary/aromatic N) is 2. The summed E-state index contributed by atoms with van der Waals surface area (Å²) in [6.07, 6.45) is 4.96. The Kier molecular flexibility index (Phi) is 4.28. The molecule has 0 amide bonds. The van der Waals surface area contributed by atoms with Crippen LogP contribution in [0.15, 0.2) is 42.7 Å². The molecule has 1 atom stereocenters. The van der Waals surface area contributed by atoms with Crippen LogP contribution in [-0.2, 0) is 4.79 Å². The van der Waals surface area contributed by atoms with Crippen molar-refractivity contribution >= 4 is 5.97 Å². The van der Waals surface area contributed by atoms with Crippen LogP contribution in [0.4, 0.5) is 0 Å². The number of piperidine rings is 1. The predicted octanol–water partition coefficient (Wildman–Crippen LogP) is 2.70. The Morgan fingerprint density at radius 3 is 2.68 bits per heavy atom. The maximum atomic E-state index is 11.2. The summed E-state index contributed by atoms with van der Waals surface area (Å²) in [6.45, 7) is 1.73. The van der Waals surface area contributed by atoms with Gasteiger partial charge in [-0.2, -0.15) is 0 Å². The van der Waals surface area contributed by atoms with Gasteiger partial charge in [0.2, 0.25) is 6.79 Å². The predicted molar refractivity (Wildman–Crippen MR) is 90.6 cm³/mol. The van der Waals surface area contributed by atoms with Crippen molar-refractivity contribution in [3.8, 4) is 11.5 Å². The Hall–Kier alpha value is -2.60. The van der Waals surface area contributed by atoms with Crippen molar-refractivity contribution in [1.29, 1.82) is 0 Å². The van der Waals surface area contributed by atoms with Crippen LogP contribution in [0, 0.1) is 5.92 Å². The molecule has 6 nitrogen and oxygen atoms in total. The van der Waals surface area contributed by atoms with Crippen molar-refractivity contribution in [2.75, 3.05) is 19.9 Å². The first-order valence-corrected chi connectivity index (χ1v) is 8.48. The Balaban J connectivity index is 1.65. The van der Waals surface area contributed by atoms with Crippen molar-refractivity contribution in [2.45, 2.75) is 18.9 Å². The van der Waals surface area contributed by atoms with Gasteiger partial charge >= 0.3 is 5.97 Å². The largest absolute Gasteiger partial charge is 0.481 e. The molecule has 1 aromatic heterocycles. The minimum absolute atomic E-state index is 0.0259. The number of benzene rings is 1. The minimum Gasteiger partial charge on any atom is -0.481 e. The maximum absolute atomic E-state index is 11.2. The number of likely N-dealkylation sites (tertiary alicyclic amines) is 1. The third-order valence-corrected chi connectivity index (χ3v) is 4.96. The van der Waals surface area contributed by atoms with Gasteiger partial charge in [0.05, 0.1) is 12.0 Å². The molecular formula is C19H20N2O4. The summed E-state index contributed by atoms with van der Waals surface area (Å²) in [4.78, 5) is 17.8. The molecule has 1 N–H and O–H groups in total. The van der Waals surface area contributed by atoms with E-state index in [1.807, 2.05) is 24.4 Å². The quantitative estimate of drug-likeness (QED) is 0.923. The number of hydrogen-bond acceptors (Lipinski definition) is 5. The molecule has 0 bridgehead atoms. The van der Waals surface area contributed by atoms with E-state index >= 15 is 0 Å². The summed E-state index contributed by atoms with van der Waals surface area (Å²) in [5.74, 6) is 0.577. The minimum atomic E-state index is -0.694. The average Bonchev–Trinajstić information content (AvgIpc) is 3.11. The molecule has 0 radical (unpaired) electrons. The number of carboxylic acids is 1. The summed E-state index contributed by atoms with van der Waals surface area (Å²) >= 11 is 0. The molecule has 130 valence electrons. The van der Waals surface area contributed by atoms with Crippen LogP contribution in [0.25, 0.3) is 0 Å². The molecule has 1 aromatic carbocycles. The summed E-state index contributed by atoms with van der Waals surface area (Å²) in [6, 6.07) is 10.0. The molecule has 2 aliphatic rings. The molecular weight excluding hydrogens is 320 g/mol. The van der Waals surface area contributed by atoms with Crippen LogP contribution in [0.1, 0.15) is 30.0 Å². The van der Waals surface area contributed by atoms with E-state index in [1.165, 1.54) is 0 Å². The number of aromatic nitrogens is 1. The molecule has 1 unspecified atom stereocenters. The summed E-state index contributed by atoms with van der Waals surface area (Å²) in [5.41, 5.74) is 2.20. The second kappa shape index (κ2) is 6.72. The van der Waals surface area contributed by atoms with E-state index in [1.54, 1.807) is 6.20 Å². The molecule has 1 fully saturated rings. The molecule has 2 aromatic rings. The van der Waals surface area contributed by atoms with Gasteiger partial charge in [0.15, 0.2) is 11.5 Å². The number of pyridine rings is 1. The second-order valence-corrected chi connectivity index (χ2v) is 6.45. The van der Waals surface area contributed by atoms with Crippen LogP contribution in [0.3, 0.4) is 0 Å². The van der Waals surface area contributed by atoms with Gasteiger partial charge in [-0.3, -0.25) is 14.7 Å². The van der Waals surface area contributed by atoms with Gasteiger partial charge in [0.25, 0.3) is 0 Å². The molecule has 2 aliphatic heterocycles. The molecule has 25 heavy (non-hydrogen) atoms. The number of ether oxygens (including phenoxy) is 2. The van der Waals surface area contributed by atoms with Gasteiger partial charge in [0.1, 0.15) is 0 Å². The highest BCUT2D eigenvalue weighted by Gasteiger charge is 2.31. The fourth-order valence-corrected chi connectivity index (χ4v) is 3.64. The van der Waals surface area contributed by atoms with Gasteiger partial charge in [-0.1, -0.05) is 12.1 Å². The third kappa shape index (κ3) is 3.17. The van der Waals surface area contributed by atoms with Gasteiger partial charge in [0, 0.05) is 12.4 Å². The van der Waals surface area contributed by atoms with Crippen molar-refractivity contribution in [2.24, 2.45) is 5.92 Å². The Morgan fingerprint density at radius 2 is 1.96 bits per heavy atom. The molecule has 3 heterocycles. The zero-order valence-corrected chi connectivity index (χ0v) is 13.8. The van der Waals surface area contributed by atoms with Crippen molar-refractivity contribution in [3.63, 3.8) is 0 Å². The number of carboxylic acid groups (broad SMARTS) is 1. The fourth-order valence-electron chi connectivity index (χ4n) is 3.64. The lowest BCUT2D eigenvalue weighted by atomic mass is 9.92. The van der Waals surface area contributed by atoms with Crippen LogP contribution in [0.2, 0.25) is 0 Å². The van der Waals surface area contributed by atoms with Gasteiger partial charge < -0.3 is 14.6 Å². The number of rotatable bonds is 4. The lowest BCUT2D eigenvalue weighted by Crippen LogP contribution is -2.39. The van der Waals surface area contributed by atoms with Crippen LogP contribution in [0.5, 0.6) is 11.5 Å². The molecule has 6 heteroatoms. The Morgan fingerprint density at radius 1 is 1.16 bits per heavy atom. The zero-order chi connectivity index (χ0) is 17.2. The monoisotopic (exact) mass is 340 g/mol. The standard InChI is InChI=1S/C19H20N2O4/c22-19(23)13-5-8-21(9-6-13)18(15-2-1-7-20-11-15)14-3-4-16-17(10-14)25-12-24-16/h1-4,7,10-11,13,18H,5-6,8-9,12H2,(H,22,23). The number of hydrogen-bond donors (Lipinski definition) is 1. The van der Waals surface area contributed by atoms with E-state index in [4.69, 9.17) is 9.47 Å². The number of aliphatic carboxylic acids is 1. The normalized spacial score (nSPS) is 18.9. The molecule has 4 rings (SSSR count). The van der Waals surface area contributed by atoms with Crippen molar-refractivity contribution in [1.82, 2.24) is 9.88 Å². The summed E-state index contributed by atoms with van der Waals surface area (Å²) in [7, 11) is 0. The SMILES string of the molecule is O=C(O)C1CCN(C(c2cccnc2)c2ccc3c(c2)OCO3)CC1. The van der Waals surface area contributed by atoms with Gasteiger partial charge in [-0.05, 0) is 55.3 Å². The molecule has 0 spiro atoms. The number of fused-ring (bicyclic) bond motifs is 1. The first-order valence-electron chi connectivity index (χ1n) is 8.48. The second-order valence-electron chi connectivity index (χ2n) is 6.45. The van der Waals surface area contributed by atoms with Crippen LogP contribution >= 0.6 is 0 Å². The smallest absolute Gasteiger partial charge is 0.306 e. The lowest BCUT2D eigenvalue weighted by molar-refractivity contribution is -0.143. The topological polar surface area (TPSA) is 71.9 Å². The maximum Gasteiger partial charge on any atom is 0.306 e. The molecule has 0 saturated carbocycles. The number of carbonyl (C=O) groups is 1. The highest BCUT2D eigenvalue weighted by molar-refractivity contribution is 5.70. The highest BCUT2D eigenvalue weighted by atomic mass is 16.7. The lowest BCUT2D eigenvalue weighted by Gasteiger charge is -2.37.